The summed E-state index contributed by atoms with van der Waals surface area (Å²) < 4.78 is 23.5. The van der Waals surface area contributed by atoms with Crippen LogP contribution in [0.5, 0.6) is 0 Å². The van der Waals surface area contributed by atoms with Crippen molar-refractivity contribution in [3.63, 3.8) is 0 Å². The first kappa shape index (κ1) is 21.5. The summed E-state index contributed by atoms with van der Waals surface area (Å²) in [5, 5.41) is 10.6. The number of hydrogen-bond acceptors (Lipinski definition) is 9. The second-order valence-electron chi connectivity index (χ2n) is 5.61. The second-order valence-corrected chi connectivity index (χ2v) is 8.58. The number of nitrogens with one attached hydrogen (secondary N) is 3. The number of nitrogens with zero attached hydrogens (tertiary/aromatic N) is 2. The molecule has 0 spiro atoms. The number of nitrogens with two attached hydrogens (primary N) is 3. The molecule has 0 aliphatic heterocycles. The first-order valence-corrected chi connectivity index (χ1v) is 10.5. The van der Waals surface area contributed by atoms with Gasteiger partial charge >= 0.3 is 0 Å². The van der Waals surface area contributed by atoms with Gasteiger partial charge in [0.15, 0.2) is 5.84 Å². The summed E-state index contributed by atoms with van der Waals surface area (Å²) in [6.07, 6.45) is 0. The Labute approximate surface area is 163 Å². The number of amidine groups is 1. The van der Waals surface area contributed by atoms with Crippen molar-refractivity contribution in [1.82, 2.24) is 20.0 Å². The molecule has 2 rings (SSSR count). The van der Waals surface area contributed by atoms with Crippen molar-refractivity contribution in [2.24, 2.45) is 21.9 Å². The molecule has 1 heterocycles. The Balaban J connectivity index is 1.99. The zero-order valence-corrected chi connectivity index (χ0v) is 16.7. The summed E-state index contributed by atoms with van der Waals surface area (Å²) in [7, 11) is 0.292. The lowest BCUT2D eigenvalue weighted by molar-refractivity contribution is 0.341. The van der Waals surface area contributed by atoms with Gasteiger partial charge in [-0.2, -0.15) is 13.8 Å². The Kier molecular flexibility index (Phi) is 7.91. The zero-order chi connectivity index (χ0) is 19.9. The number of rotatable bonds is 9. The van der Waals surface area contributed by atoms with Crippen molar-refractivity contribution < 1.29 is 8.30 Å². The van der Waals surface area contributed by atoms with E-state index in [0.717, 1.165) is 10.5 Å². The first-order chi connectivity index (χ1) is 12.9. The molecule has 0 bridgehead atoms. The fourth-order valence-corrected chi connectivity index (χ4v) is 4.02. The van der Waals surface area contributed by atoms with Crippen LogP contribution in [0.4, 0.5) is 3.89 Å². The van der Waals surface area contributed by atoms with E-state index in [9.17, 15) is 3.89 Å². The monoisotopic (exact) mass is 416 g/mol. The van der Waals surface area contributed by atoms with E-state index in [1.54, 1.807) is 19.2 Å². The quantitative estimate of drug-likeness (QED) is 0.117. The molecule has 1 aromatic carbocycles. The summed E-state index contributed by atoms with van der Waals surface area (Å²) in [6, 6.07) is 11.4. The lowest BCUT2D eigenvalue weighted by Gasteiger charge is -2.31. The Morgan fingerprint density at radius 3 is 2.59 bits per heavy atom. The molecule has 2 aromatic rings. The van der Waals surface area contributed by atoms with Crippen LogP contribution < -0.4 is 31.8 Å². The van der Waals surface area contributed by atoms with Crippen LogP contribution in [0.1, 0.15) is 5.76 Å². The summed E-state index contributed by atoms with van der Waals surface area (Å²) >= 11 is 1.52. The smallest absolute Gasteiger partial charge is 0.151 e. The maximum Gasteiger partial charge on any atom is 0.151 e. The van der Waals surface area contributed by atoms with Crippen LogP contribution in [0.2, 0.25) is 0 Å². The van der Waals surface area contributed by atoms with E-state index in [-0.39, 0.29) is 18.1 Å². The molecular weight excluding hydrogens is 391 g/mol. The number of furan rings is 1. The fraction of sp³-hybridized carbons (Fsp3) is 0.267. The largest absolute Gasteiger partial charge is 0.460 e. The van der Waals surface area contributed by atoms with E-state index in [2.05, 4.69) is 20.1 Å². The third-order valence-electron chi connectivity index (χ3n) is 3.39. The number of benzene rings is 1. The molecule has 0 saturated heterocycles. The van der Waals surface area contributed by atoms with Gasteiger partial charge in [-0.3, -0.25) is 9.86 Å². The van der Waals surface area contributed by atoms with Gasteiger partial charge < -0.3 is 15.7 Å². The normalized spacial score (nSPS) is 15.6. The second kappa shape index (κ2) is 9.94. The Bertz CT molecular complexity index is 753. The van der Waals surface area contributed by atoms with E-state index in [0.29, 0.717) is 11.5 Å². The Morgan fingerprint density at radius 2 is 2.00 bits per heavy atom. The highest BCUT2D eigenvalue weighted by Gasteiger charge is 2.23. The maximum absolute atomic E-state index is 14.8. The fourth-order valence-electron chi connectivity index (χ4n) is 2.29. The molecule has 150 valence electrons. The van der Waals surface area contributed by atoms with Crippen molar-refractivity contribution in [3.8, 4) is 11.3 Å². The average Bonchev–Trinajstić information content (AvgIpc) is 3.07. The van der Waals surface area contributed by atoms with Gasteiger partial charge in [0.05, 0.1) is 12.3 Å². The SMILES string of the molecule is CNSc1ccc(-c2ccc(CS(N)(F)NN(C)C/C(=N/N)NN)o2)cc1. The van der Waals surface area contributed by atoms with E-state index in [1.807, 2.05) is 31.3 Å². The third kappa shape index (κ3) is 6.70. The first-order valence-electron chi connectivity index (χ1n) is 7.90. The number of halogens is 1. The molecule has 9 N–H and O–H groups in total. The molecule has 0 radical (unpaired) electrons. The lowest BCUT2D eigenvalue weighted by Crippen LogP contribution is -2.46. The van der Waals surface area contributed by atoms with Crippen molar-refractivity contribution in [3.05, 3.63) is 42.2 Å². The maximum atomic E-state index is 14.8. The van der Waals surface area contributed by atoms with Crippen LogP contribution >= 0.6 is 22.7 Å². The van der Waals surface area contributed by atoms with Gasteiger partial charge in [-0.15, -0.1) is 0 Å². The van der Waals surface area contributed by atoms with Crippen molar-refractivity contribution in [2.45, 2.75) is 10.6 Å². The molecule has 1 atom stereocenters. The van der Waals surface area contributed by atoms with Gasteiger partial charge in [-0.05, 0) is 43.3 Å². The highest BCUT2D eigenvalue weighted by Crippen LogP contribution is 2.41. The van der Waals surface area contributed by atoms with Crippen LogP contribution in [0.15, 0.2) is 50.8 Å². The van der Waals surface area contributed by atoms with Crippen LogP contribution in [0, 0.1) is 0 Å². The van der Waals surface area contributed by atoms with Gasteiger partial charge in [-0.25, -0.2) is 10.9 Å². The molecule has 0 amide bonds. The van der Waals surface area contributed by atoms with Crippen LogP contribution in [-0.4, -0.2) is 31.5 Å². The molecule has 0 saturated carbocycles. The molecule has 0 aliphatic rings. The highest BCUT2D eigenvalue weighted by atomic mass is 32.3. The topological polar surface area (TPSA) is 143 Å². The van der Waals surface area contributed by atoms with Gasteiger partial charge in [0.2, 0.25) is 0 Å². The molecule has 1 aromatic heterocycles. The number of hydrogen-bond donors (Lipinski definition) is 6. The van der Waals surface area contributed by atoms with Gasteiger partial charge in [-0.1, -0.05) is 12.1 Å². The minimum Gasteiger partial charge on any atom is -0.460 e. The summed E-state index contributed by atoms with van der Waals surface area (Å²) in [5.41, 5.74) is 3.22. The zero-order valence-electron chi connectivity index (χ0n) is 15.1. The van der Waals surface area contributed by atoms with E-state index in [1.165, 1.54) is 17.0 Å². The minimum atomic E-state index is -3.17. The van der Waals surface area contributed by atoms with Crippen LogP contribution in [0.3, 0.4) is 0 Å². The minimum absolute atomic E-state index is 0.0871. The summed E-state index contributed by atoms with van der Waals surface area (Å²) in [5.74, 6) is 11.7. The van der Waals surface area contributed by atoms with Crippen molar-refractivity contribution in [2.75, 3.05) is 20.6 Å². The van der Waals surface area contributed by atoms with Crippen molar-refractivity contribution >= 4 is 28.6 Å². The standard InChI is InChI=1S/C15H25FN8OS2/c1-20-26-13-6-3-11(4-7-13)14-8-5-12(25-14)10-27(16,19)23-24(2)9-15(21-17)22-18/h3-8,20,23H,9-10,17-19H2,1-2H3,(H,21,22). The predicted octanol–water partition coefficient (Wildman–Crippen LogP) is 1.32. The van der Waals surface area contributed by atoms with E-state index in [4.69, 9.17) is 21.2 Å². The molecule has 9 nitrogen and oxygen atoms in total. The van der Waals surface area contributed by atoms with Gasteiger partial charge in [0.25, 0.3) is 0 Å². The van der Waals surface area contributed by atoms with E-state index >= 15 is 0 Å². The Morgan fingerprint density at radius 1 is 1.30 bits per heavy atom. The van der Waals surface area contributed by atoms with E-state index < -0.39 is 10.8 Å². The number of likely N-dealkylation sites (N-methyl/N-ethyl adjacent to an activating group) is 1. The lowest BCUT2D eigenvalue weighted by atomic mass is 10.2. The van der Waals surface area contributed by atoms with Gasteiger partial charge in [0.1, 0.15) is 11.5 Å². The van der Waals surface area contributed by atoms with Gasteiger partial charge in [0, 0.05) is 28.3 Å². The Hall–Kier alpha value is -1.80. The molecule has 0 fully saturated rings. The van der Waals surface area contributed by atoms with Crippen LogP contribution in [-0.2, 0) is 5.75 Å². The predicted molar refractivity (Wildman–Crippen MR) is 110 cm³/mol. The molecule has 0 aliphatic carbocycles. The van der Waals surface area contributed by atoms with Crippen LogP contribution in [0.25, 0.3) is 11.3 Å². The number of hydrazone groups is 1. The summed E-state index contributed by atoms with van der Waals surface area (Å²) in [4.78, 5) is 3.69. The number of hydrazine groups is 2. The van der Waals surface area contributed by atoms with Crippen molar-refractivity contribution in [1.29, 1.82) is 0 Å². The molecular formula is C15H25FN8OS2. The highest BCUT2D eigenvalue weighted by molar-refractivity contribution is 8.25. The molecule has 1 unspecified atom stereocenters. The average molecular weight is 417 g/mol. The molecule has 12 heteroatoms. The summed E-state index contributed by atoms with van der Waals surface area (Å²) in [6.45, 7) is 0.156. The third-order valence-corrected chi connectivity index (χ3v) is 5.42. The molecule has 27 heavy (non-hydrogen) atoms.